The second-order valence-corrected chi connectivity index (χ2v) is 2.45. The maximum Gasteiger partial charge on any atom is 0.216 e. The van der Waals surface area contributed by atoms with Gasteiger partial charge in [0.05, 0.1) is 6.61 Å². The highest BCUT2D eigenvalue weighted by atomic mass is 16.5. The van der Waals surface area contributed by atoms with Gasteiger partial charge in [-0.15, -0.1) is 0 Å². The molecule has 0 aromatic carbocycles. The molecule has 0 atom stereocenters. The zero-order valence-electron chi connectivity index (χ0n) is 6.16. The minimum atomic E-state index is 0.770. The van der Waals surface area contributed by atoms with E-state index < -0.39 is 0 Å². The second-order valence-electron chi connectivity index (χ2n) is 2.45. The average molecular weight is 147 g/mol. The highest BCUT2D eigenvalue weighted by Gasteiger charge is 2.15. The molecule has 0 amide bonds. The van der Waals surface area contributed by atoms with Gasteiger partial charge < -0.3 is 4.74 Å². The third kappa shape index (κ3) is 1.24. The van der Waals surface area contributed by atoms with Crippen molar-refractivity contribution in [3.63, 3.8) is 0 Å². The van der Waals surface area contributed by atoms with Crippen LogP contribution in [0.2, 0.25) is 0 Å². The van der Waals surface area contributed by atoms with Gasteiger partial charge in [-0.3, -0.25) is 0 Å². The molecule has 0 saturated carbocycles. The smallest absolute Gasteiger partial charge is 0.216 e. The summed E-state index contributed by atoms with van der Waals surface area (Å²) < 4.78 is 5.29. The van der Waals surface area contributed by atoms with E-state index in [1.807, 2.05) is 18.2 Å². The fourth-order valence-corrected chi connectivity index (χ4v) is 1.13. The van der Waals surface area contributed by atoms with Crippen LogP contribution < -0.4 is 0 Å². The molecular formula is C9H9NO. The predicted octanol–water partition coefficient (Wildman–Crippen LogP) is 1.82. The van der Waals surface area contributed by atoms with Gasteiger partial charge in [-0.25, -0.2) is 4.99 Å². The van der Waals surface area contributed by atoms with Crippen LogP contribution in [0.15, 0.2) is 41.1 Å². The van der Waals surface area contributed by atoms with Crippen LogP contribution >= 0.6 is 0 Å². The number of hydrogen-bond acceptors (Lipinski definition) is 2. The van der Waals surface area contributed by atoms with E-state index in [4.69, 9.17) is 4.74 Å². The fraction of sp³-hybridized carbons (Fsp3) is 0.222. The van der Waals surface area contributed by atoms with Gasteiger partial charge in [0.25, 0.3) is 0 Å². The van der Waals surface area contributed by atoms with Crippen LogP contribution in [-0.4, -0.2) is 12.5 Å². The number of aliphatic imine (C=N–C) groups is 1. The van der Waals surface area contributed by atoms with Crippen LogP contribution in [0.5, 0.6) is 0 Å². The topological polar surface area (TPSA) is 21.6 Å². The molecule has 0 aromatic rings. The number of allylic oxidation sites excluding steroid dienone is 4. The van der Waals surface area contributed by atoms with Crippen molar-refractivity contribution < 1.29 is 4.74 Å². The lowest BCUT2D eigenvalue weighted by Gasteiger charge is -1.96. The largest absolute Gasteiger partial charge is 0.477 e. The third-order valence-electron chi connectivity index (χ3n) is 1.68. The van der Waals surface area contributed by atoms with E-state index in [1.54, 1.807) is 6.20 Å². The van der Waals surface area contributed by atoms with Crippen molar-refractivity contribution in [1.29, 1.82) is 0 Å². The third-order valence-corrected chi connectivity index (χ3v) is 1.68. The van der Waals surface area contributed by atoms with Crippen molar-refractivity contribution in [2.24, 2.45) is 4.99 Å². The highest BCUT2D eigenvalue weighted by molar-refractivity contribution is 5.96. The lowest BCUT2D eigenvalue weighted by Crippen LogP contribution is -1.95. The summed E-state index contributed by atoms with van der Waals surface area (Å²) in [6, 6.07) is 0. The van der Waals surface area contributed by atoms with E-state index in [-0.39, 0.29) is 0 Å². The van der Waals surface area contributed by atoms with Gasteiger partial charge in [0.1, 0.15) is 0 Å². The molecule has 0 aliphatic carbocycles. The van der Waals surface area contributed by atoms with Gasteiger partial charge in [-0.05, 0) is 6.08 Å². The summed E-state index contributed by atoms with van der Waals surface area (Å²) >= 11 is 0. The zero-order chi connectivity index (χ0) is 7.52. The Morgan fingerprint density at radius 2 is 2.27 bits per heavy atom. The maximum atomic E-state index is 5.29. The number of fused-ring (bicyclic) bond motifs is 1. The van der Waals surface area contributed by atoms with E-state index >= 15 is 0 Å². The normalized spacial score (nSPS) is 25.8. The maximum absolute atomic E-state index is 5.29. The first-order valence-corrected chi connectivity index (χ1v) is 3.70. The van der Waals surface area contributed by atoms with Crippen LogP contribution in [0.1, 0.15) is 6.42 Å². The molecule has 56 valence electrons. The predicted molar refractivity (Wildman–Crippen MR) is 44.4 cm³/mol. The Kier molecular flexibility index (Phi) is 1.60. The highest BCUT2D eigenvalue weighted by Crippen LogP contribution is 2.15. The molecule has 0 aromatic heterocycles. The van der Waals surface area contributed by atoms with Crippen LogP contribution in [0.25, 0.3) is 0 Å². The molecule has 1 fully saturated rings. The first-order chi connectivity index (χ1) is 5.47. The molecule has 11 heavy (non-hydrogen) atoms. The molecule has 2 nitrogen and oxygen atoms in total. The lowest BCUT2D eigenvalue weighted by molar-refractivity contribution is 0.343. The summed E-state index contributed by atoms with van der Waals surface area (Å²) in [6.07, 6.45) is 10.7. The SMILES string of the molecule is C1=C/C=C2\CCOC2=NC=C1. The Hall–Kier alpha value is -1.31. The summed E-state index contributed by atoms with van der Waals surface area (Å²) in [5, 5.41) is 0. The number of nitrogens with zero attached hydrogens (tertiary/aromatic N) is 1. The van der Waals surface area contributed by atoms with Crippen molar-refractivity contribution in [3.05, 3.63) is 36.1 Å². The molecule has 2 aliphatic heterocycles. The average Bonchev–Trinajstić information content (AvgIpc) is 2.35. The lowest BCUT2D eigenvalue weighted by atomic mass is 10.2. The van der Waals surface area contributed by atoms with Crippen molar-refractivity contribution >= 4 is 5.90 Å². The number of hydrogen-bond donors (Lipinski definition) is 0. The van der Waals surface area contributed by atoms with E-state index in [2.05, 4.69) is 11.1 Å². The zero-order valence-corrected chi connectivity index (χ0v) is 6.16. The molecule has 0 bridgehead atoms. The molecule has 2 aliphatic rings. The molecule has 0 spiro atoms. The Morgan fingerprint density at radius 3 is 3.27 bits per heavy atom. The quantitative estimate of drug-likeness (QED) is 0.512. The fourth-order valence-electron chi connectivity index (χ4n) is 1.13. The first-order valence-electron chi connectivity index (χ1n) is 3.70. The first kappa shape index (κ1) is 6.40. The van der Waals surface area contributed by atoms with E-state index in [9.17, 15) is 0 Å². The van der Waals surface area contributed by atoms with Gasteiger partial charge in [0, 0.05) is 18.2 Å². The van der Waals surface area contributed by atoms with Gasteiger partial charge in [-0.2, -0.15) is 0 Å². The number of rotatable bonds is 0. The van der Waals surface area contributed by atoms with Gasteiger partial charge >= 0.3 is 0 Å². The molecule has 0 radical (unpaired) electrons. The minimum Gasteiger partial charge on any atom is -0.477 e. The van der Waals surface area contributed by atoms with E-state index in [0.29, 0.717) is 0 Å². The van der Waals surface area contributed by atoms with Crippen LogP contribution in [-0.2, 0) is 4.74 Å². The van der Waals surface area contributed by atoms with Crippen molar-refractivity contribution in [3.8, 4) is 0 Å². The van der Waals surface area contributed by atoms with Crippen LogP contribution in [0.3, 0.4) is 0 Å². The second kappa shape index (κ2) is 2.74. The van der Waals surface area contributed by atoms with E-state index in [0.717, 1.165) is 18.9 Å². The molecule has 0 unspecified atom stereocenters. The summed E-state index contributed by atoms with van der Waals surface area (Å²) in [5.74, 6) is 0.783. The number of ether oxygens (including phenoxy) is 1. The van der Waals surface area contributed by atoms with E-state index in [1.165, 1.54) is 5.57 Å². The van der Waals surface area contributed by atoms with Crippen molar-refractivity contribution in [2.45, 2.75) is 6.42 Å². The Bertz CT molecular complexity index is 243. The molecule has 2 heteroatoms. The summed E-state index contributed by atoms with van der Waals surface area (Å²) in [7, 11) is 0. The molecule has 2 heterocycles. The van der Waals surface area contributed by atoms with Gasteiger partial charge in [0.15, 0.2) is 0 Å². The molecule has 0 N–H and O–H groups in total. The molecule has 2 rings (SSSR count). The van der Waals surface area contributed by atoms with Gasteiger partial charge in [0.2, 0.25) is 5.90 Å². The summed E-state index contributed by atoms with van der Waals surface area (Å²) in [5.41, 5.74) is 1.20. The molecule has 1 saturated heterocycles. The van der Waals surface area contributed by atoms with Crippen molar-refractivity contribution in [1.82, 2.24) is 0 Å². The Balaban J connectivity index is 2.35. The monoisotopic (exact) mass is 147 g/mol. The summed E-state index contributed by atoms with van der Waals surface area (Å²) in [4.78, 5) is 4.14. The Morgan fingerprint density at radius 1 is 1.27 bits per heavy atom. The van der Waals surface area contributed by atoms with Crippen LogP contribution in [0, 0.1) is 0 Å². The summed E-state index contributed by atoms with van der Waals surface area (Å²) in [6.45, 7) is 0.770. The molecular weight excluding hydrogens is 138 g/mol. The van der Waals surface area contributed by atoms with Gasteiger partial charge in [-0.1, -0.05) is 18.2 Å². The van der Waals surface area contributed by atoms with Crippen LogP contribution in [0.4, 0.5) is 0 Å². The standard InChI is InChI=1S/C9H9NO/c1-2-4-8-5-7-11-9(8)10-6-3-1/h1-4,6H,5,7H2/b2-1?,3-1?,4-2?,6-3?,8-4+,10-6?,10-9?. The Labute approximate surface area is 65.6 Å². The van der Waals surface area contributed by atoms with Crippen molar-refractivity contribution in [2.75, 3.05) is 6.61 Å². The minimum absolute atomic E-state index is 0.770.